The molecule has 1 unspecified atom stereocenters. The van der Waals surface area contributed by atoms with Crippen LogP contribution in [0.25, 0.3) is 0 Å². The number of aliphatic hydroxyl groups is 1. The Bertz CT molecular complexity index is 405. The van der Waals surface area contributed by atoms with E-state index in [4.69, 9.17) is 9.84 Å². The van der Waals surface area contributed by atoms with Crippen molar-refractivity contribution in [2.75, 3.05) is 24.7 Å². The Hall–Kier alpha value is -1.39. The van der Waals surface area contributed by atoms with Crippen LogP contribution in [0.1, 0.15) is 12.0 Å². The first-order valence-corrected chi connectivity index (χ1v) is 5.80. The third-order valence-corrected chi connectivity index (χ3v) is 2.89. The quantitative estimate of drug-likeness (QED) is 0.853. The lowest BCUT2D eigenvalue weighted by atomic mass is 10.1. The molecular formula is C13H17NO3. The summed E-state index contributed by atoms with van der Waals surface area (Å²) in [6.45, 7) is 2.70. The van der Waals surface area contributed by atoms with Crippen LogP contribution in [0, 0.1) is 6.92 Å². The van der Waals surface area contributed by atoms with Crippen molar-refractivity contribution in [2.24, 2.45) is 0 Å². The van der Waals surface area contributed by atoms with Gasteiger partial charge in [0.05, 0.1) is 12.6 Å². The van der Waals surface area contributed by atoms with Crippen molar-refractivity contribution in [1.29, 1.82) is 0 Å². The molecule has 1 aromatic rings. The lowest BCUT2D eigenvalue weighted by Crippen LogP contribution is -2.47. The van der Waals surface area contributed by atoms with E-state index in [1.807, 2.05) is 31.2 Å². The van der Waals surface area contributed by atoms with Crippen molar-refractivity contribution in [3.63, 3.8) is 0 Å². The van der Waals surface area contributed by atoms with Gasteiger partial charge in [-0.2, -0.15) is 0 Å². The van der Waals surface area contributed by atoms with Gasteiger partial charge >= 0.3 is 0 Å². The Morgan fingerprint density at radius 3 is 3.06 bits per heavy atom. The highest BCUT2D eigenvalue weighted by Crippen LogP contribution is 2.20. The van der Waals surface area contributed by atoms with Crippen LogP contribution in [0.3, 0.4) is 0 Å². The fraction of sp³-hybridized carbons (Fsp3) is 0.462. The minimum atomic E-state index is -0.0711. The molecule has 1 fully saturated rings. The van der Waals surface area contributed by atoms with Crippen LogP contribution in [0.4, 0.5) is 5.69 Å². The van der Waals surface area contributed by atoms with Gasteiger partial charge in [0.1, 0.15) is 6.61 Å². The number of anilines is 1. The summed E-state index contributed by atoms with van der Waals surface area (Å²) in [4.78, 5) is 13.5. The molecule has 1 atom stereocenters. The molecule has 0 spiro atoms. The van der Waals surface area contributed by atoms with Crippen molar-refractivity contribution in [3.8, 4) is 0 Å². The standard InChI is InChI=1S/C13H17NO3/c1-10-3-2-4-11(7-10)14-8-12(5-6-15)17-9-13(14)16/h2-4,7,12,15H,5-6,8-9H2,1H3. The monoisotopic (exact) mass is 235 g/mol. The maximum Gasteiger partial charge on any atom is 0.253 e. The number of carbonyl (C=O) groups excluding carboxylic acids is 1. The third kappa shape index (κ3) is 2.84. The van der Waals surface area contributed by atoms with E-state index in [0.29, 0.717) is 13.0 Å². The molecule has 4 heteroatoms. The van der Waals surface area contributed by atoms with Crippen LogP contribution < -0.4 is 4.90 Å². The predicted molar refractivity (Wildman–Crippen MR) is 65.0 cm³/mol. The van der Waals surface area contributed by atoms with E-state index < -0.39 is 0 Å². The fourth-order valence-electron chi connectivity index (χ4n) is 1.99. The molecule has 1 heterocycles. The minimum Gasteiger partial charge on any atom is -0.396 e. The van der Waals surface area contributed by atoms with Crippen LogP contribution in [0.5, 0.6) is 0 Å². The Balaban J connectivity index is 2.15. The highest BCUT2D eigenvalue weighted by molar-refractivity contribution is 5.95. The largest absolute Gasteiger partial charge is 0.396 e. The van der Waals surface area contributed by atoms with Gasteiger partial charge < -0.3 is 14.7 Å². The smallest absolute Gasteiger partial charge is 0.253 e. The van der Waals surface area contributed by atoms with E-state index in [1.165, 1.54) is 0 Å². The van der Waals surface area contributed by atoms with Crippen LogP contribution in [0.15, 0.2) is 24.3 Å². The van der Waals surface area contributed by atoms with Crippen molar-refractivity contribution in [3.05, 3.63) is 29.8 Å². The molecule has 0 aromatic heterocycles. The molecule has 1 amide bonds. The molecule has 0 saturated carbocycles. The molecule has 92 valence electrons. The maximum absolute atomic E-state index is 11.8. The topological polar surface area (TPSA) is 49.8 Å². The average molecular weight is 235 g/mol. The molecule has 1 aliphatic rings. The lowest BCUT2D eigenvalue weighted by molar-refractivity contribution is -0.129. The summed E-state index contributed by atoms with van der Waals surface area (Å²) in [5, 5.41) is 8.90. The van der Waals surface area contributed by atoms with Gasteiger partial charge in [-0.1, -0.05) is 12.1 Å². The van der Waals surface area contributed by atoms with Gasteiger partial charge in [0.15, 0.2) is 0 Å². The summed E-state index contributed by atoms with van der Waals surface area (Å²) in [7, 11) is 0. The van der Waals surface area contributed by atoms with E-state index in [0.717, 1.165) is 11.3 Å². The molecule has 0 aliphatic carbocycles. The molecule has 2 rings (SSSR count). The second kappa shape index (κ2) is 5.29. The summed E-state index contributed by atoms with van der Waals surface area (Å²) in [6, 6.07) is 7.85. The normalized spacial score (nSPS) is 20.7. The second-order valence-corrected chi connectivity index (χ2v) is 4.29. The van der Waals surface area contributed by atoms with Gasteiger partial charge in [-0.3, -0.25) is 4.79 Å². The Labute approximate surface area is 101 Å². The zero-order chi connectivity index (χ0) is 12.3. The number of hydrogen-bond donors (Lipinski definition) is 1. The minimum absolute atomic E-state index is 0.0233. The van der Waals surface area contributed by atoms with Crippen LogP contribution in [0.2, 0.25) is 0 Å². The summed E-state index contributed by atoms with van der Waals surface area (Å²) in [6.07, 6.45) is 0.494. The fourth-order valence-corrected chi connectivity index (χ4v) is 1.99. The zero-order valence-electron chi connectivity index (χ0n) is 9.93. The number of amides is 1. The first kappa shape index (κ1) is 12.1. The number of hydrogen-bond acceptors (Lipinski definition) is 3. The number of ether oxygens (including phenoxy) is 1. The molecule has 1 N–H and O–H groups in total. The van der Waals surface area contributed by atoms with Crippen molar-refractivity contribution in [1.82, 2.24) is 0 Å². The lowest BCUT2D eigenvalue weighted by Gasteiger charge is -2.32. The third-order valence-electron chi connectivity index (χ3n) is 2.89. The SMILES string of the molecule is Cc1cccc(N2CC(CCO)OCC2=O)c1. The summed E-state index contributed by atoms with van der Waals surface area (Å²) < 4.78 is 5.36. The number of morpholine rings is 1. The van der Waals surface area contributed by atoms with E-state index in [-0.39, 0.29) is 25.2 Å². The Morgan fingerprint density at radius 1 is 1.53 bits per heavy atom. The van der Waals surface area contributed by atoms with E-state index in [9.17, 15) is 4.79 Å². The van der Waals surface area contributed by atoms with E-state index in [1.54, 1.807) is 4.90 Å². The highest BCUT2D eigenvalue weighted by atomic mass is 16.5. The predicted octanol–water partition coefficient (Wildman–Crippen LogP) is 1.11. The number of aryl methyl sites for hydroxylation is 1. The van der Waals surface area contributed by atoms with Crippen molar-refractivity contribution in [2.45, 2.75) is 19.4 Å². The van der Waals surface area contributed by atoms with Gasteiger partial charge in [0.25, 0.3) is 5.91 Å². The molecule has 0 bridgehead atoms. The van der Waals surface area contributed by atoms with Gasteiger partial charge in [-0.15, -0.1) is 0 Å². The van der Waals surface area contributed by atoms with Crippen LogP contribution in [-0.2, 0) is 9.53 Å². The zero-order valence-corrected chi connectivity index (χ0v) is 9.93. The first-order valence-electron chi connectivity index (χ1n) is 5.80. The molecule has 0 radical (unpaired) electrons. The summed E-state index contributed by atoms with van der Waals surface area (Å²) >= 11 is 0. The molecule has 1 saturated heterocycles. The molecule has 17 heavy (non-hydrogen) atoms. The first-order chi connectivity index (χ1) is 8.20. The molecule has 1 aliphatic heterocycles. The molecule has 4 nitrogen and oxygen atoms in total. The van der Waals surface area contributed by atoms with Crippen molar-refractivity contribution >= 4 is 11.6 Å². The maximum atomic E-state index is 11.8. The summed E-state index contributed by atoms with van der Waals surface area (Å²) in [5.41, 5.74) is 2.03. The van der Waals surface area contributed by atoms with E-state index >= 15 is 0 Å². The Kier molecular flexibility index (Phi) is 3.76. The van der Waals surface area contributed by atoms with Gasteiger partial charge in [0.2, 0.25) is 0 Å². The molecule has 1 aromatic carbocycles. The van der Waals surface area contributed by atoms with Gasteiger partial charge in [-0.05, 0) is 31.0 Å². The number of aliphatic hydroxyl groups excluding tert-OH is 1. The molecular weight excluding hydrogens is 218 g/mol. The highest BCUT2D eigenvalue weighted by Gasteiger charge is 2.26. The van der Waals surface area contributed by atoms with E-state index in [2.05, 4.69) is 0 Å². The number of rotatable bonds is 3. The summed E-state index contributed by atoms with van der Waals surface area (Å²) in [5.74, 6) is -0.0233. The van der Waals surface area contributed by atoms with Gasteiger partial charge in [0, 0.05) is 12.3 Å². The second-order valence-electron chi connectivity index (χ2n) is 4.29. The average Bonchev–Trinajstić information content (AvgIpc) is 2.32. The van der Waals surface area contributed by atoms with Crippen LogP contribution >= 0.6 is 0 Å². The van der Waals surface area contributed by atoms with Crippen LogP contribution in [-0.4, -0.2) is 36.9 Å². The number of benzene rings is 1. The van der Waals surface area contributed by atoms with Gasteiger partial charge in [-0.25, -0.2) is 0 Å². The van der Waals surface area contributed by atoms with Crippen molar-refractivity contribution < 1.29 is 14.6 Å². The number of carbonyl (C=O) groups is 1. The number of nitrogens with zero attached hydrogens (tertiary/aromatic N) is 1. The Morgan fingerprint density at radius 2 is 2.35 bits per heavy atom.